The molecule has 1 amide bonds. The summed E-state index contributed by atoms with van der Waals surface area (Å²) in [6, 6.07) is 15.5. The van der Waals surface area contributed by atoms with E-state index in [0.717, 1.165) is 52.2 Å². The number of nitrogens with zero attached hydrogens (tertiary/aromatic N) is 3. The van der Waals surface area contributed by atoms with Crippen molar-refractivity contribution in [1.82, 2.24) is 15.1 Å². The Bertz CT molecular complexity index is 965. The highest BCUT2D eigenvalue weighted by atomic mass is 32.2. The quantitative estimate of drug-likeness (QED) is 0.620. The van der Waals surface area contributed by atoms with Gasteiger partial charge in [0.15, 0.2) is 0 Å². The lowest BCUT2D eigenvalue weighted by atomic mass is 10.1. The minimum absolute atomic E-state index is 0.0874. The average molecular weight is 468 g/mol. The Balaban J connectivity index is 1.25. The Labute approximate surface area is 202 Å². The zero-order valence-electron chi connectivity index (χ0n) is 20.1. The van der Waals surface area contributed by atoms with E-state index in [1.54, 1.807) is 13.8 Å². The first-order valence-electron chi connectivity index (χ1n) is 12.0. The smallest absolute Gasteiger partial charge is 0.239 e. The van der Waals surface area contributed by atoms with Crippen LogP contribution in [0.2, 0.25) is 0 Å². The van der Waals surface area contributed by atoms with Crippen LogP contribution >= 0.6 is 11.8 Å². The fourth-order valence-corrected chi connectivity index (χ4v) is 5.50. The first-order valence-corrected chi connectivity index (χ1v) is 12.8. The fourth-order valence-electron chi connectivity index (χ4n) is 4.42. The van der Waals surface area contributed by atoms with Crippen LogP contribution in [0.3, 0.4) is 0 Å². The molecular weight excluding hydrogens is 430 g/mol. The van der Waals surface area contributed by atoms with Gasteiger partial charge in [0.2, 0.25) is 5.91 Å². The molecule has 0 aliphatic carbocycles. The number of amides is 1. The second-order valence-corrected chi connectivity index (χ2v) is 10.8. The topological polar surface area (TPSA) is 64.8 Å². The number of para-hydroxylation sites is 1. The van der Waals surface area contributed by atoms with Crippen LogP contribution in [-0.2, 0) is 4.79 Å². The van der Waals surface area contributed by atoms with Gasteiger partial charge in [-0.3, -0.25) is 9.69 Å². The summed E-state index contributed by atoms with van der Waals surface area (Å²) in [4.78, 5) is 22.1. The lowest BCUT2D eigenvalue weighted by Gasteiger charge is -2.36. The van der Waals surface area contributed by atoms with Gasteiger partial charge in [0, 0.05) is 55.6 Å². The molecule has 0 aromatic heterocycles. The van der Waals surface area contributed by atoms with Crippen LogP contribution in [0.1, 0.15) is 25.8 Å². The van der Waals surface area contributed by atoms with Crippen LogP contribution in [0, 0.1) is 6.92 Å². The molecule has 0 spiro atoms. The third kappa shape index (κ3) is 6.09. The molecule has 2 aromatic carbocycles. The number of rotatable bonds is 8. The van der Waals surface area contributed by atoms with E-state index < -0.39 is 5.54 Å². The molecule has 33 heavy (non-hydrogen) atoms. The number of nitrogens with two attached hydrogens (primary N) is 1. The number of hydrogen-bond acceptors (Lipinski definition) is 6. The number of carbonyl (C=O) groups excluding carboxylic acids is 1. The molecule has 0 unspecified atom stereocenters. The second kappa shape index (κ2) is 10.5. The van der Waals surface area contributed by atoms with Crippen LogP contribution in [0.15, 0.2) is 52.3 Å². The molecule has 3 N–H and O–H groups in total. The molecule has 178 valence electrons. The number of benzene rings is 2. The molecular formula is C26H37N5OS. The van der Waals surface area contributed by atoms with Crippen molar-refractivity contribution in [3.05, 3.63) is 48.0 Å². The summed E-state index contributed by atoms with van der Waals surface area (Å²) < 4.78 is 0. The lowest BCUT2D eigenvalue weighted by molar-refractivity contribution is -0.125. The minimum Gasteiger partial charge on any atom is -0.353 e. The van der Waals surface area contributed by atoms with Gasteiger partial charge in [-0.1, -0.05) is 30.0 Å². The number of aryl methyl sites for hydroxylation is 1. The van der Waals surface area contributed by atoms with Crippen LogP contribution in [0.5, 0.6) is 0 Å². The molecule has 0 radical (unpaired) electrons. The third-order valence-corrected chi connectivity index (χ3v) is 7.53. The molecule has 7 heteroatoms. The van der Waals surface area contributed by atoms with Crippen molar-refractivity contribution in [3.8, 4) is 0 Å². The summed E-state index contributed by atoms with van der Waals surface area (Å²) in [5.41, 5.74) is 9.00. The van der Waals surface area contributed by atoms with E-state index in [1.807, 2.05) is 11.8 Å². The Morgan fingerprint density at radius 3 is 2.36 bits per heavy atom. The SMILES string of the molecule is Cc1ccc2c(c1)N(CCCN1CCN(CCNC(=O)C(C)(C)N)CC1)c1ccccc1S2. The Morgan fingerprint density at radius 2 is 1.64 bits per heavy atom. The van der Waals surface area contributed by atoms with Gasteiger partial charge in [-0.25, -0.2) is 0 Å². The average Bonchev–Trinajstić information content (AvgIpc) is 2.79. The predicted octanol–water partition coefficient (Wildman–Crippen LogP) is 3.46. The maximum Gasteiger partial charge on any atom is 0.239 e. The molecule has 4 rings (SSSR count). The van der Waals surface area contributed by atoms with Crippen LogP contribution < -0.4 is 16.0 Å². The summed E-state index contributed by atoms with van der Waals surface area (Å²) in [6.45, 7) is 13.6. The molecule has 6 nitrogen and oxygen atoms in total. The summed E-state index contributed by atoms with van der Waals surface area (Å²) in [7, 11) is 0. The zero-order valence-corrected chi connectivity index (χ0v) is 21.0. The van der Waals surface area contributed by atoms with Gasteiger partial charge in [0.05, 0.1) is 16.9 Å². The van der Waals surface area contributed by atoms with E-state index in [0.29, 0.717) is 6.54 Å². The van der Waals surface area contributed by atoms with E-state index in [2.05, 4.69) is 69.4 Å². The number of hydrogen-bond donors (Lipinski definition) is 2. The second-order valence-electron chi connectivity index (χ2n) is 9.71. The summed E-state index contributed by atoms with van der Waals surface area (Å²) in [5, 5.41) is 2.95. The Kier molecular flexibility index (Phi) is 7.64. The monoisotopic (exact) mass is 467 g/mol. The lowest BCUT2D eigenvalue weighted by Crippen LogP contribution is -2.52. The van der Waals surface area contributed by atoms with Gasteiger partial charge in [-0.2, -0.15) is 0 Å². The Hall–Kier alpha value is -2.06. The standard InChI is InChI=1S/C26H37N5OS/c1-20-9-10-24-22(19-20)31(21-7-4-5-8-23(21)33-24)13-6-12-29-15-17-30(18-16-29)14-11-28-25(32)26(2,3)27/h4-5,7-10,19H,6,11-18,27H2,1-3H3,(H,28,32). The maximum atomic E-state index is 11.9. The number of piperazine rings is 1. The highest BCUT2D eigenvalue weighted by Crippen LogP contribution is 2.48. The van der Waals surface area contributed by atoms with Gasteiger partial charge in [-0.15, -0.1) is 0 Å². The molecule has 0 bridgehead atoms. The van der Waals surface area contributed by atoms with E-state index >= 15 is 0 Å². The van der Waals surface area contributed by atoms with Crippen molar-refractivity contribution in [1.29, 1.82) is 0 Å². The number of carbonyl (C=O) groups is 1. The normalized spacial score (nSPS) is 16.9. The maximum absolute atomic E-state index is 11.9. The molecule has 0 saturated carbocycles. The van der Waals surface area contributed by atoms with Crippen molar-refractivity contribution in [2.45, 2.75) is 42.5 Å². The zero-order chi connectivity index (χ0) is 23.4. The molecule has 1 saturated heterocycles. The first-order chi connectivity index (χ1) is 15.8. The molecule has 1 fully saturated rings. The van der Waals surface area contributed by atoms with E-state index in [1.165, 1.54) is 26.7 Å². The first kappa shape index (κ1) is 24.1. The van der Waals surface area contributed by atoms with Crippen molar-refractivity contribution < 1.29 is 4.79 Å². The predicted molar refractivity (Wildman–Crippen MR) is 138 cm³/mol. The third-order valence-electron chi connectivity index (χ3n) is 6.40. The van der Waals surface area contributed by atoms with E-state index in [9.17, 15) is 4.79 Å². The number of nitrogens with one attached hydrogen (secondary N) is 1. The van der Waals surface area contributed by atoms with Gasteiger partial charge < -0.3 is 20.9 Å². The molecule has 0 atom stereocenters. The van der Waals surface area contributed by atoms with Crippen LogP contribution in [0.25, 0.3) is 0 Å². The van der Waals surface area contributed by atoms with Gasteiger partial charge >= 0.3 is 0 Å². The van der Waals surface area contributed by atoms with Gasteiger partial charge in [-0.05, 0) is 63.6 Å². The molecule has 2 heterocycles. The van der Waals surface area contributed by atoms with Crippen LogP contribution in [-0.4, -0.2) is 73.6 Å². The van der Waals surface area contributed by atoms with Crippen molar-refractivity contribution in [2.75, 3.05) is 57.3 Å². The van der Waals surface area contributed by atoms with Crippen molar-refractivity contribution in [3.63, 3.8) is 0 Å². The van der Waals surface area contributed by atoms with Gasteiger partial charge in [0.25, 0.3) is 0 Å². The minimum atomic E-state index is -0.814. The number of fused-ring (bicyclic) bond motifs is 2. The highest BCUT2D eigenvalue weighted by molar-refractivity contribution is 7.99. The van der Waals surface area contributed by atoms with Crippen molar-refractivity contribution >= 4 is 29.0 Å². The summed E-state index contributed by atoms with van der Waals surface area (Å²) in [5.74, 6) is -0.0874. The molecule has 2 aliphatic rings. The molecule has 2 aromatic rings. The Morgan fingerprint density at radius 1 is 0.970 bits per heavy atom. The van der Waals surface area contributed by atoms with E-state index in [4.69, 9.17) is 5.73 Å². The summed E-state index contributed by atoms with van der Waals surface area (Å²) in [6.07, 6.45) is 1.13. The van der Waals surface area contributed by atoms with E-state index in [-0.39, 0.29) is 5.91 Å². The van der Waals surface area contributed by atoms with Crippen molar-refractivity contribution in [2.24, 2.45) is 5.73 Å². The highest BCUT2D eigenvalue weighted by Gasteiger charge is 2.24. The number of anilines is 2. The molecule has 2 aliphatic heterocycles. The fraction of sp³-hybridized carbons (Fsp3) is 0.500. The van der Waals surface area contributed by atoms with Crippen LogP contribution in [0.4, 0.5) is 11.4 Å². The summed E-state index contributed by atoms with van der Waals surface area (Å²) >= 11 is 1.88. The van der Waals surface area contributed by atoms with Gasteiger partial charge in [0.1, 0.15) is 0 Å². The largest absolute Gasteiger partial charge is 0.353 e.